The molecule has 0 spiro atoms. The molecule has 8 nitrogen and oxygen atoms in total. The highest BCUT2D eigenvalue weighted by molar-refractivity contribution is 6.01. The smallest absolute Gasteiger partial charge is 0.323 e. The summed E-state index contributed by atoms with van der Waals surface area (Å²) in [5, 5.41) is 9.05. The molecule has 1 saturated heterocycles. The zero-order valence-electron chi connectivity index (χ0n) is 14.2. The van der Waals surface area contributed by atoms with E-state index in [1.807, 2.05) is 0 Å². The third kappa shape index (κ3) is 3.18. The summed E-state index contributed by atoms with van der Waals surface area (Å²) in [6, 6.07) is 5.27. The molecular formula is C18H20N2O6. The largest absolute Gasteiger partial charge is 0.486 e. The Morgan fingerprint density at radius 3 is 2.62 bits per heavy atom. The SMILES string of the molecule is O=C(O)CN(C(=O)[C@H]1CC(=O)N(c2ccc3c(c2)OCCO3)C1)C1CC1. The standard InChI is InChI=1S/C18H20N2O6/c21-16-7-11(18(24)20(10-17(22)23)12-1-2-12)9-19(16)13-3-4-14-15(8-13)26-6-5-25-14/h3-4,8,11-12H,1-2,5-7,9-10H2,(H,22,23)/t11-/m0/s1. The Bertz CT molecular complexity index is 760. The van der Waals surface area contributed by atoms with Gasteiger partial charge in [0.25, 0.3) is 0 Å². The molecule has 2 fully saturated rings. The quantitative estimate of drug-likeness (QED) is 0.838. The lowest BCUT2D eigenvalue weighted by Crippen LogP contribution is -2.42. The monoisotopic (exact) mass is 360 g/mol. The molecule has 0 bridgehead atoms. The van der Waals surface area contributed by atoms with E-state index in [9.17, 15) is 14.4 Å². The molecule has 2 aliphatic heterocycles. The van der Waals surface area contributed by atoms with Crippen molar-refractivity contribution in [1.29, 1.82) is 0 Å². The molecule has 3 aliphatic rings. The topological polar surface area (TPSA) is 96.4 Å². The minimum atomic E-state index is -1.03. The minimum Gasteiger partial charge on any atom is -0.486 e. The first-order valence-corrected chi connectivity index (χ1v) is 8.75. The van der Waals surface area contributed by atoms with E-state index in [4.69, 9.17) is 14.6 Å². The van der Waals surface area contributed by atoms with E-state index in [2.05, 4.69) is 0 Å². The molecule has 0 aromatic heterocycles. The Labute approximate surface area is 150 Å². The van der Waals surface area contributed by atoms with E-state index < -0.39 is 11.9 Å². The number of anilines is 1. The maximum atomic E-state index is 12.8. The van der Waals surface area contributed by atoms with Crippen LogP contribution in [0.1, 0.15) is 19.3 Å². The number of benzene rings is 1. The lowest BCUT2D eigenvalue weighted by molar-refractivity contribution is -0.146. The molecule has 1 atom stereocenters. The van der Waals surface area contributed by atoms with Gasteiger partial charge in [-0.2, -0.15) is 0 Å². The lowest BCUT2D eigenvalue weighted by Gasteiger charge is -2.24. The van der Waals surface area contributed by atoms with Crippen molar-refractivity contribution < 1.29 is 29.0 Å². The first-order chi connectivity index (χ1) is 12.5. The molecule has 1 N–H and O–H groups in total. The van der Waals surface area contributed by atoms with Gasteiger partial charge >= 0.3 is 5.97 Å². The summed E-state index contributed by atoms with van der Waals surface area (Å²) < 4.78 is 11.0. The average molecular weight is 360 g/mol. The van der Waals surface area contributed by atoms with Crippen LogP contribution in [0.5, 0.6) is 11.5 Å². The number of carbonyl (C=O) groups is 3. The fourth-order valence-electron chi connectivity index (χ4n) is 3.48. The van der Waals surface area contributed by atoms with E-state index in [0.29, 0.717) is 30.4 Å². The molecule has 1 aromatic carbocycles. The number of ether oxygens (including phenoxy) is 2. The summed E-state index contributed by atoms with van der Waals surface area (Å²) in [5.41, 5.74) is 0.658. The van der Waals surface area contributed by atoms with Crippen LogP contribution < -0.4 is 14.4 Å². The number of hydrogen-bond donors (Lipinski definition) is 1. The van der Waals surface area contributed by atoms with Crippen LogP contribution in [0.3, 0.4) is 0 Å². The summed E-state index contributed by atoms with van der Waals surface area (Å²) in [5.74, 6) is -0.717. The summed E-state index contributed by atoms with van der Waals surface area (Å²) >= 11 is 0. The van der Waals surface area contributed by atoms with Gasteiger partial charge in [-0.05, 0) is 25.0 Å². The maximum Gasteiger partial charge on any atom is 0.323 e. The van der Waals surface area contributed by atoms with Gasteiger partial charge in [0.2, 0.25) is 11.8 Å². The predicted molar refractivity (Wildman–Crippen MR) is 90.3 cm³/mol. The molecular weight excluding hydrogens is 340 g/mol. The van der Waals surface area contributed by atoms with Crippen molar-refractivity contribution in [2.24, 2.45) is 5.92 Å². The van der Waals surface area contributed by atoms with Crippen LogP contribution >= 0.6 is 0 Å². The Hall–Kier alpha value is -2.77. The lowest BCUT2D eigenvalue weighted by atomic mass is 10.1. The fourth-order valence-corrected chi connectivity index (χ4v) is 3.48. The van der Waals surface area contributed by atoms with Crippen LogP contribution in [0, 0.1) is 5.92 Å². The van der Waals surface area contributed by atoms with Gasteiger partial charge in [0.05, 0.1) is 5.92 Å². The van der Waals surface area contributed by atoms with Gasteiger partial charge in [-0.3, -0.25) is 14.4 Å². The van der Waals surface area contributed by atoms with Crippen LogP contribution in [0.25, 0.3) is 0 Å². The van der Waals surface area contributed by atoms with E-state index in [1.54, 1.807) is 23.1 Å². The van der Waals surface area contributed by atoms with Crippen molar-refractivity contribution in [2.45, 2.75) is 25.3 Å². The van der Waals surface area contributed by atoms with Crippen LogP contribution in [0.2, 0.25) is 0 Å². The number of carboxylic acid groups (broad SMARTS) is 1. The van der Waals surface area contributed by atoms with Gasteiger partial charge in [0.1, 0.15) is 19.8 Å². The van der Waals surface area contributed by atoms with Crippen molar-refractivity contribution in [1.82, 2.24) is 4.90 Å². The normalized spacial score (nSPS) is 21.6. The highest BCUT2D eigenvalue weighted by atomic mass is 16.6. The van der Waals surface area contributed by atoms with Crippen molar-refractivity contribution in [3.8, 4) is 11.5 Å². The number of hydrogen-bond acceptors (Lipinski definition) is 5. The average Bonchev–Trinajstić information content (AvgIpc) is 3.40. The van der Waals surface area contributed by atoms with Gasteiger partial charge in [0, 0.05) is 30.8 Å². The van der Waals surface area contributed by atoms with E-state index >= 15 is 0 Å². The zero-order valence-corrected chi connectivity index (χ0v) is 14.2. The first kappa shape index (κ1) is 16.7. The molecule has 4 rings (SSSR count). The van der Waals surface area contributed by atoms with Crippen molar-refractivity contribution in [3.63, 3.8) is 0 Å². The Morgan fingerprint density at radius 2 is 1.92 bits per heavy atom. The van der Waals surface area contributed by atoms with Gasteiger partial charge < -0.3 is 24.4 Å². The third-order valence-electron chi connectivity index (χ3n) is 4.89. The zero-order chi connectivity index (χ0) is 18.3. The second kappa shape index (κ2) is 6.51. The van der Waals surface area contributed by atoms with E-state index in [0.717, 1.165) is 12.8 Å². The Morgan fingerprint density at radius 1 is 1.19 bits per heavy atom. The third-order valence-corrected chi connectivity index (χ3v) is 4.89. The highest BCUT2D eigenvalue weighted by Crippen LogP contribution is 2.37. The molecule has 2 heterocycles. The molecule has 0 unspecified atom stereocenters. The molecule has 0 radical (unpaired) electrons. The van der Waals surface area contributed by atoms with Gasteiger partial charge in [-0.1, -0.05) is 0 Å². The van der Waals surface area contributed by atoms with E-state index in [1.165, 1.54) is 4.90 Å². The molecule has 2 amide bonds. The predicted octanol–water partition coefficient (Wildman–Crippen LogP) is 0.886. The molecule has 138 valence electrons. The van der Waals surface area contributed by atoms with Crippen molar-refractivity contribution in [2.75, 3.05) is 31.2 Å². The molecule has 1 saturated carbocycles. The Balaban J connectivity index is 1.49. The molecule has 26 heavy (non-hydrogen) atoms. The van der Waals surface area contributed by atoms with Gasteiger partial charge in [-0.15, -0.1) is 0 Å². The Kier molecular flexibility index (Phi) is 4.18. The van der Waals surface area contributed by atoms with Crippen LogP contribution in [0.4, 0.5) is 5.69 Å². The number of carboxylic acids is 1. The fraction of sp³-hybridized carbons (Fsp3) is 0.500. The molecule has 8 heteroatoms. The number of aliphatic carboxylic acids is 1. The van der Waals surface area contributed by atoms with Crippen LogP contribution in [-0.2, 0) is 14.4 Å². The second-order valence-corrected chi connectivity index (χ2v) is 6.82. The minimum absolute atomic E-state index is 0.00274. The molecule has 1 aromatic rings. The van der Waals surface area contributed by atoms with E-state index in [-0.39, 0.29) is 37.4 Å². The summed E-state index contributed by atoms with van der Waals surface area (Å²) in [4.78, 5) is 39.2. The number of rotatable bonds is 5. The van der Waals surface area contributed by atoms with Gasteiger partial charge in [0.15, 0.2) is 11.5 Å². The molecule has 1 aliphatic carbocycles. The number of carbonyl (C=O) groups excluding carboxylic acids is 2. The summed E-state index contributed by atoms with van der Waals surface area (Å²) in [6.07, 6.45) is 1.74. The summed E-state index contributed by atoms with van der Waals surface area (Å²) in [6.45, 7) is 0.890. The summed E-state index contributed by atoms with van der Waals surface area (Å²) in [7, 11) is 0. The van der Waals surface area contributed by atoms with Crippen molar-refractivity contribution >= 4 is 23.5 Å². The second-order valence-electron chi connectivity index (χ2n) is 6.82. The highest BCUT2D eigenvalue weighted by Gasteiger charge is 2.42. The van der Waals surface area contributed by atoms with Crippen molar-refractivity contribution in [3.05, 3.63) is 18.2 Å². The number of fused-ring (bicyclic) bond motifs is 1. The number of amides is 2. The number of nitrogens with zero attached hydrogens (tertiary/aromatic N) is 2. The van der Waals surface area contributed by atoms with Crippen LogP contribution in [-0.4, -0.2) is 60.1 Å². The first-order valence-electron chi connectivity index (χ1n) is 8.75. The van der Waals surface area contributed by atoms with Gasteiger partial charge in [-0.25, -0.2) is 0 Å². The maximum absolute atomic E-state index is 12.8. The van der Waals surface area contributed by atoms with Crippen LogP contribution in [0.15, 0.2) is 18.2 Å².